The first-order valence-electron chi connectivity index (χ1n) is 6.29. The fraction of sp³-hybridized carbons (Fsp3) is 0.917. The van der Waals surface area contributed by atoms with E-state index in [2.05, 4.69) is 4.74 Å². The van der Waals surface area contributed by atoms with Crippen molar-refractivity contribution in [1.29, 1.82) is 0 Å². The molecule has 1 saturated heterocycles. The van der Waals surface area contributed by atoms with Gasteiger partial charge in [0.25, 0.3) is 0 Å². The van der Waals surface area contributed by atoms with Crippen molar-refractivity contribution in [2.24, 2.45) is 17.6 Å². The number of hydrogen-bond donors (Lipinski definition) is 1. The van der Waals surface area contributed by atoms with Gasteiger partial charge in [0.15, 0.2) is 6.29 Å². The Hall–Kier alpha value is -0.650. The van der Waals surface area contributed by atoms with Crippen LogP contribution in [-0.2, 0) is 19.0 Å². The molecule has 0 aromatic rings. The molecule has 1 atom stereocenters. The van der Waals surface area contributed by atoms with Crippen LogP contribution in [0, 0.1) is 11.8 Å². The lowest BCUT2D eigenvalue weighted by Gasteiger charge is -2.32. The summed E-state index contributed by atoms with van der Waals surface area (Å²) in [6, 6.07) is -0.480. The molecule has 2 rings (SSSR count). The molecule has 1 saturated carbocycles. The molecule has 1 aliphatic heterocycles. The van der Waals surface area contributed by atoms with Crippen LogP contribution in [0.25, 0.3) is 0 Å². The van der Waals surface area contributed by atoms with E-state index in [4.69, 9.17) is 15.2 Å². The minimum atomic E-state index is -0.480. The highest BCUT2D eigenvalue weighted by atomic mass is 16.7. The lowest BCUT2D eigenvalue weighted by atomic mass is 9.78. The Morgan fingerprint density at radius 2 is 1.82 bits per heavy atom. The second-order valence-corrected chi connectivity index (χ2v) is 4.83. The zero-order valence-electron chi connectivity index (χ0n) is 10.3. The third kappa shape index (κ3) is 2.97. The smallest absolute Gasteiger partial charge is 0.322 e. The van der Waals surface area contributed by atoms with Crippen LogP contribution in [0.5, 0.6) is 0 Å². The van der Waals surface area contributed by atoms with E-state index >= 15 is 0 Å². The minimum absolute atomic E-state index is 0.0368. The molecule has 0 radical (unpaired) electrons. The van der Waals surface area contributed by atoms with E-state index < -0.39 is 6.04 Å². The van der Waals surface area contributed by atoms with Crippen molar-refractivity contribution >= 4 is 5.97 Å². The fourth-order valence-electron chi connectivity index (χ4n) is 2.75. The Kier molecular flexibility index (Phi) is 4.36. The van der Waals surface area contributed by atoms with Gasteiger partial charge in [0.2, 0.25) is 0 Å². The molecule has 98 valence electrons. The van der Waals surface area contributed by atoms with Crippen molar-refractivity contribution in [1.82, 2.24) is 0 Å². The molecule has 0 spiro atoms. The second-order valence-electron chi connectivity index (χ2n) is 4.83. The van der Waals surface area contributed by atoms with Crippen LogP contribution < -0.4 is 5.73 Å². The maximum absolute atomic E-state index is 11.4. The SMILES string of the molecule is COC(=O)C(N)C1CCC(C2OCCO2)CC1. The maximum Gasteiger partial charge on any atom is 0.322 e. The molecule has 0 aromatic heterocycles. The maximum atomic E-state index is 11.4. The van der Waals surface area contributed by atoms with Crippen molar-refractivity contribution in [2.75, 3.05) is 20.3 Å². The third-order valence-corrected chi connectivity index (χ3v) is 3.83. The van der Waals surface area contributed by atoms with Crippen LogP contribution in [0.3, 0.4) is 0 Å². The number of carbonyl (C=O) groups excluding carboxylic acids is 1. The number of esters is 1. The summed E-state index contributed by atoms with van der Waals surface area (Å²) >= 11 is 0. The lowest BCUT2D eigenvalue weighted by molar-refractivity contribution is -0.144. The van der Waals surface area contributed by atoms with Gasteiger partial charge in [-0.25, -0.2) is 0 Å². The average molecular weight is 243 g/mol. The summed E-state index contributed by atoms with van der Waals surface area (Å²) in [5.41, 5.74) is 5.86. The van der Waals surface area contributed by atoms with Crippen LogP contribution in [0.1, 0.15) is 25.7 Å². The van der Waals surface area contributed by atoms with Crippen molar-refractivity contribution in [3.63, 3.8) is 0 Å². The molecule has 2 N–H and O–H groups in total. The van der Waals surface area contributed by atoms with Gasteiger partial charge >= 0.3 is 5.97 Å². The van der Waals surface area contributed by atoms with Crippen molar-refractivity contribution in [3.05, 3.63) is 0 Å². The number of carbonyl (C=O) groups is 1. The monoisotopic (exact) mass is 243 g/mol. The van der Waals surface area contributed by atoms with Crippen molar-refractivity contribution in [3.8, 4) is 0 Å². The molecule has 5 nitrogen and oxygen atoms in total. The first-order chi connectivity index (χ1) is 8.22. The summed E-state index contributed by atoms with van der Waals surface area (Å²) in [4.78, 5) is 11.4. The van der Waals surface area contributed by atoms with Crippen LogP contribution in [0.15, 0.2) is 0 Å². The quantitative estimate of drug-likeness (QED) is 0.737. The lowest BCUT2D eigenvalue weighted by Crippen LogP contribution is -2.41. The molecule has 1 aliphatic carbocycles. The number of rotatable bonds is 3. The highest BCUT2D eigenvalue weighted by Crippen LogP contribution is 2.34. The largest absolute Gasteiger partial charge is 0.468 e. The molecule has 0 aromatic carbocycles. The van der Waals surface area contributed by atoms with E-state index in [0.29, 0.717) is 19.1 Å². The van der Waals surface area contributed by atoms with E-state index in [1.54, 1.807) is 0 Å². The van der Waals surface area contributed by atoms with Gasteiger partial charge in [-0.1, -0.05) is 0 Å². The van der Waals surface area contributed by atoms with E-state index in [-0.39, 0.29) is 18.2 Å². The van der Waals surface area contributed by atoms with Gasteiger partial charge < -0.3 is 19.9 Å². The summed E-state index contributed by atoms with van der Waals surface area (Å²) in [6.07, 6.45) is 3.89. The molecule has 0 bridgehead atoms. The topological polar surface area (TPSA) is 70.8 Å². The Bertz CT molecular complexity index is 257. The Morgan fingerprint density at radius 1 is 1.24 bits per heavy atom. The Labute approximate surface area is 102 Å². The minimum Gasteiger partial charge on any atom is -0.468 e. The van der Waals surface area contributed by atoms with Crippen LogP contribution in [0.4, 0.5) is 0 Å². The Morgan fingerprint density at radius 3 is 2.35 bits per heavy atom. The molecule has 0 amide bonds. The van der Waals surface area contributed by atoms with Gasteiger partial charge in [0, 0.05) is 5.92 Å². The van der Waals surface area contributed by atoms with Gasteiger partial charge in [0.05, 0.1) is 20.3 Å². The highest BCUT2D eigenvalue weighted by molar-refractivity contribution is 5.75. The zero-order valence-corrected chi connectivity index (χ0v) is 10.3. The van der Waals surface area contributed by atoms with Crippen LogP contribution in [0.2, 0.25) is 0 Å². The highest BCUT2D eigenvalue weighted by Gasteiger charge is 2.35. The standard InChI is InChI=1S/C12H21NO4/c1-15-11(14)10(13)8-2-4-9(5-3-8)12-16-6-7-17-12/h8-10,12H,2-7,13H2,1H3. The summed E-state index contributed by atoms with van der Waals surface area (Å²) in [7, 11) is 1.38. The van der Waals surface area contributed by atoms with E-state index in [1.807, 2.05) is 0 Å². The molecule has 17 heavy (non-hydrogen) atoms. The number of methoxy groups -OCH3 is 1. The number of hydrogen-bond acceptors (Lipinski definition) is 5. The summed E-state index contributed by atoms with van der Waals surface area (Å²) in [5, 5.41) is 0. The molecular weight excluding hydrogens is 222 g/mol. The third-order valence-electron chi connectivity index (χ3n) is 3.83. The van der Waals surface area contributed by atoms with Gasteiger partial charge in [-0.05, 0) is 31.6 Å². The number of nitrogens with two attached hydrogens (primary N) is 1. The van der Waals surface area contributed by atoms with Gasteiger partial charge in [-0.3, -0.25) is 4.79 Å². The molecule has 1 unspecified atom stereocenters. The van der Waals surface area contributed by atoms with Gasteiger partial charge in [-0.15, -0.1) is 0 Å². The normalized spacial score (nSPS) is 32.4. The summed E-state index contributed by atoms with van der Waals surface area (Å²) in [6.45, 7) is 1.40. The molecular formula is C12H21NO4. The first-order valence-corrected chi connectivity index (χ1v) is 6.29. The van der Waals surface area contributed by atoms with E-state index in [0.717, 1.165) is 25.7 Å². The summed E-state index contributed by atoms with van der Waals surface area (Å²) in [5.74, 6) is 0.389. The van der Waals surface area contributed by atoms with Crippen LogP contribution >= 0.6 is 0 Å². The molecule has 2 fully saturated rings. The summed E-state index contributed by atoms with van der Waals surface area (Å²) < 4.78 is 15.7. The average Bonchev–Trinajstić information content (AvgIpc) is 2.91. The second kappa shape index (κ2) is 5.80. The predicted octanol–water partition coefficient (Wildman–Crippen LogP) is 0.666. The Balaban J connectivity index is 1.79. The molecule has 1 heterocycles. The van der Waals surface area contributed by atoms with E-state index in [1.165, 1.54) is 7.11 Å². The van der Waals surface area contributed by atoms with Crippen molar-refractivity contribution < 1.29 is 19.0 Å². The van der Waals surface area contributed by atoms with Crippen molar-refractivity contribution in [2.45, 2.75) is 38.0 Å². The van der Waals surface area contributed by atoms with Crippen LogP contribution in [-0.4, -0.2) is 38.6 Å². The molecule has 2 aliphatic rings. The van der Waals surface area contributed by atoms with Gasteiger partial charge in [-0.2, -0.15) is 0 Å². The zero-order chi connectivity index (χ0) is 12.3. The van der Waals surface area contributed by atoms with E-state index in [9.17, 15) is 4.79 Å². The molecule has 5 heteroatoms. The number of ether oxygens (including phenoxy) is 3. The fourth-order valence-corrected chi connectivity index (χ4v) is 2.75. The first kappa shape index (κ1) is 12.8. The van der Waals surface area contributed by atoms with Gasteiger partial charge in [0.1, 0.15) is 6.04 Å². The predicted molar refractivity (Wildman–Crippen MR) is 61.1 cm³/mol.